The molecule has 0 saturated heterocycles. The molecular formula is C19H21KN4O4. The number of hydrogen-bond acceptors (Lipinski definition) is 5. The summed E-state index contributed by atoms with van der Waals surface area (Å²) in [5.74, 6) is -0.147. The predicted molar refractivity (Wildman–Crippen MR) is 102 cm³/mol. The zero-order chi connectivity index (χ0) is 20.2. The van der Waals surface area contributed by atoms with Crippen molar-refractivity contribution in [3.05, 3.63) is 52.7 Å². The van der Waals surface area contributed by atoms with Crippen molar-refractivity contribution in [2.75, 3.05) is 5.32 Å². The number of hydrogen-bond donors (Lipinski definition) is 2. The van der Waals surface area contributed by atoms with Crippen LogP contribution in [0.2, 0.25) is 0 Å². The van der Waals surface area contributed by atoms with Gasteiger partial charge in [-0.25, -0.2) is 4.98 Å². The number of carbonyl (C=O) groups excluding carboxylic acids is 1. The standard InChI is InChI=1S/C15H12N4O3.C4H9O.K/c1-9(20)17-12-4-2-3-10(5-12)14-7-11-6-13(19(21)22)8-16-15(11)18-14;1-4(2,3)5;/h2-8H,1H3,(H,16,18)(H,17,20);1-3H3;/q;-1;+1. The number of aromatic amines is 1. The summed E-state index contributed by atoms with van der Waals surface area (Å²) in [6.45, 7) is 6.34. The molecule has 0 aliphatic rings. The van der Waals surface area contributed by atoms with Crippen LogP contribution in [0.1, 0.15) is 27.7 Å². The minimum atomic E-state index is -0.750. The fraction of sp³-hybridized carbons (Fsp3) is 0.263. The van der Waals surface area contributed by atoms with Gasteiger partial charge in [-0.2, -0.15) is 0 Å². The van der Waals surface area contributed by atoms with Crippen LogP contribution in [-0.2, 0) is 4.79 Å². The fourth-order valence-electron chi connectivity index (χ4n) is 2.23. The van der Waals surface area contributed by atoms with E-state index in [1.54, 1.807) is 32.9 Å². The maximum Gasteiger partial charge on any atom is 1.00 e. The van der Waals surface area contributed by atoms with Crippen molar-refractivity contribution in [2.45, 2.75) is 33.3 Å². The van der Waals surface area contributed by atoms with Crippen LogP contribution in [-0.4, -0.2) is 26.4 Å². The number of nitrogens with zero attached hydrogens (tertiary/aromatic N) is 2. The quantitative estimate of drug-likeness (QED) is 0.365. The fourth-order valence-corrected chi connectivity index (χ4v) is 2.23. The molecule has 0 bridgehead atoms. The first-order chi connectivity index (χ1) is 12.5. The molecular weight excluding hydrogens is 387 g/mol. The van der Waals surface area contributed by atoms with E-state index in [-0.39, 0.29) is 63.0 Å². The second-order valence-corrected chi connectivity index (χ2v) is 6.95. The van der Waals surface area contributed by atoms with Gasteiger partial charge in [0, 0.05) is 35.3 Å². The average Bonchev–Trinajstić information content (AvgIpc) is 2.96. The molecule has 3 rings (SSSR count). The Kier molecular flexibility index (Phi) is 8.93. The molecule has 9 heteroatoms. The summed E-state index contributed by atoms with van der Waals surface area (Å²) in [4.78, 5) is 28.6. The van der Waals surface area contributed by atoms with Crippen LogP contribution in [0.3, 0.4) is 0 Å². The normalized spacial score (nSPS) is 10.5. The van der Waals surface area contributed by atoms with Crippen molar-refractivity contribution in [3.63, 3.8) is 0 Å². The van der Waals surface area contributed by atoms with Crippen LogP contribution < -0.4 is 61.8 Å². The van der Waals surface area contributed by atoms with Crippen molar-refractivity contribution in [3.8, 4) is 11.3 Å². The molecule has 2 heterocycles. The van der Waals surface area contributed by atoms with E-state index in [0.717, 1.165) is 11.3 Å². The summed E-state index contributed by atoms with van der Waals surface area (Å²) >= 11 is 0. The number of amides is 1. The number of nitrogens with one attached hydrogen (secondary N) is 2. The Bertz CT molecular complexity index is 973. The number of pyridine rings is 1. The summed E-state index contributed by atoms with van der Waals surface area (Å²) < 4.78 is 0. The molecule has 0 saturated carbocycles. The van der Waals surface area contributed by atoms with Gasteiger partial charge in [0.1, 0.15) is 11.8 Å². The Morgan fingerprint density at radius 2 is 1.86 bits per heavy atom. The Balaban J connectivity index is 0.000000584. The van der Waals surface area contributed by atoms with Crippen LogP contribution in [0, 0.1) is 10.1 Å². The van der Waals surface area contributed by atoms with E-state index in [4.69, 9.17) is 0 Å². The first-order valence-corrected chi connectivity index (χ1v) is 8.24. The van der Waals surface area contributed by atoms with E-state index in [2.05, 4.69) is 15.3 Å². The third-order valence-corrected chi connectivity index (χ3v) is 3.16. The second-order valence-electron chi connectivity index (χ2n) is 6.95. The molecule has 0 atom stereocenters. The Morgan fingerprint density at radius 3 is 2.43 bits per heavy atom. The van der Waals surface area contributed by atoms with Gasteiger partial charge in [-0.1, -0.05) is 32.9 Å². The zero-order valence-electron chi connectivity index (χ0n) is 16.6. The maximum absolute atomic E-state index is 11.1. The first-order valence-electron chi connectivity index (χ1n) is 8.24. The number of rotatable bonds is 3. The van der Waals surface area contributed by atoms with Gasteiger partial charge in [-0.05, 0) is 18.2 Å². The van der Waals surface area contributed by atoms with Crippen LogP contribution in [0.4, 0.5) is 11.4 Å². The van der Waals surface area contributed by atoms with E-state index in [1.807, 2.05) is 18.2 Å². The van der Waals surface area contributed by atoms with Gasteiger partial charge in [-0.15, -0.1) is 5.60 Å². The molecule has 0 spiro atoms. The van der Waals surface area contributed by atoms with Crippen LogP contribution in [0.5, 0.6) is 0 Å². The first kappa shape index (κ1) is 24.4. The summed E-state index contributed by atoms with van der Waals surface area (Å²) in [7, 11) is 0. The average molecular weight is 408 g/mol. The Labute approximate surface area is 205 Å². The molecule has 0 radical (unpaired) electrons. The predicted octanol–water partition coefficient (Wildman–Crippen LogP) is 0.246. The van der Waals surface area contributed by atoms with Crippen LogP contribution in [0.25, 0.3) is 22.3 Å². The van der Waals surface area contributed by atoms with E-state index >= 15 is 0 Å². The smallest absolute Gasteiger partial charge is 0.850 e. The number of nitro groups is 1. The molecule has 28 heavy (non-hydrogen) atoms. The molecule has 1 aromatic carbocycles. The van der Waals surface area contributed by atoms with E-state index in [9.17, 15) is 20.0 Å². The number of H-pyrrole nitrogens is 1. The van der Waals surface area contributed by atoms with E-state index in [0.29, 0.717) is 16.7 Å². The molecule has 0 unspecified atom stereocenters. The SMILES string of the molecule is CC(=O)Nc1cccc(-c2cc3cc([N+](=O)[O-])cnc3[nH]2)c1.CC(C)(C)[O-].[K+]. The minimum absolute atomic E-state index is 0. The number of carbonyl (C=O) groups is 1. The van der Waals surface area contributed by atoms with Crippen LogP contribution in [0.15, 0.2) is 42.6 Å². The molecule has 3 aromatic rings. The molecule has 8 nitrogen and oxygen atoms in total. The van der Waals surface area contributed by atoms with Crippen molar-refractivity contribution < 1.29 is 66.2 Å². The van der Waals surface area contributed by atoms with Gasteiger partial charge in [-0.3, -0.25) is 14.9 Å². The van der Waals surface area contributed by atoms with Crippen molar-refractivity contribution in [1.29, 1.82) is 0 Å². The van der Waals surface area contributed by atoms with E-state index < -0.39 is 10.5 Å². The van der Waals surface area contributed by atoms with Crippen LogP contribution >= 0.6 is 0 Å². The van der Waals surface area contributed by atoms with Gasteiger partial charge in [0.25, 0.3) is 5.69 Å². The Hall–Kier alpha value is -1.62. The third kappa shape index (κ3) is 7.78. The van der Waals surface area contributed by atoms with Gasteiger partial charge in [0.05, 0.1) is 4.92 Å². The van der Waals surface area contributed by atoms with E-state index in [1.165, 1.54) is 19.2 Å². The van der Waals surface area contributed by atoms with Gasteiger partial charge in [0.2, 0.25) is 5.91 Å². The molecule has 1 amide bonds. The van der Waals surface area contributed by atoms with Crippen molar-refractivity contribution in [2.24, 2.45) is 0 Å². The summed E-state index contributed by atoms with van der Waals surface area (Å²) in [6.07, 6.45) is 1.22. The van der Waals surface area contributed by atoms with Gasteiger partial charge < -0.3 is 15.4 Å². The summed E-state index contributed by atoms with van der Waals surface area (Å²) in [5.41, 5.74) is 2.08. The number of aromatic nitrogens is 2. The topological polar surface area (TPSA) is 124 Å². The number of benzene rings is 1. The third-order valence-electron chi connectivity index (χ3n) is 3.16. The summed E-state index contributed by atoms with van der Waals surface area (Å²) in [6, 6.07) is 10.6. The van der Waals surface area contributed by atoms with Gasteiger partial charge in [0.15, 0.2) is 0 Å². The van der Waals surface area contributed by atoms with Crippen molar-refractivity contribution >= 4 is 28.3 Å². The molecule has 0 aliphatic carbocycles. The largest absolute Gasteiger partial charge is 1.00 e. The van der Waals surface area contributed by atoms with Gasteiger partial charge >= 0.3 is 51.4 Å². The molecule has 0 fully saturated rings. The number of anilines is 1. The second kappa shape index (κ2) is 10.2. The molecule has 2 aromatic heterocycles. The summed E-state index contributed by atoms with van der Waals surface area (Å²) in [5, 5.41) is 24.3. The molecule has 2 N–H and O–H groups in total. The zero-order valence-corrected chi connectivity index (χ0v) is 19.7. The monoisotopic (exact) mass is 408 g/mol. The van der Waals surface area contributed by atoms with Crippen molar-refractivity contribution in [1.82, 2.24) is 9.97 Å². The molecule has 0 aliphatic heterocycles. The molecule has 142 valence electrons. The number of fused-ring (bicyclic) bond motifs is 1. The minimum Gasteiger partial charge on any atom is -0.850 e. The Morgan fingerprint density at radius 1 is 1.21 bits per heavy atom. The maximum atomic E-state index is 11.1.